The average Bonchev–Trinajstić information content (AvgIpc) is 3.91. The van der Waals surface area contributed by atoms with E-state index in [0.29, 0.717) is 0 Å². The number of hydrogen-bond acceptors (Lipinski definition) is 2. The molecule has 0 amide bonds. The molecular weight excluding hydrogens is 619 g/mol. The molecule has 0 saturated carbocycles. The van der Waals surface area contributed by atoms with Gasteiger partial charge in [-0.05, 0) is 115 Å². The summed E-state index contributed by atoms with van der Waals surface area (Å²) in [6.07, 6.45) is 0. The Morgan fingerprint density at radius 3 is 1.75 bits per heavy atom. The Hall–Kier alpha value is -6.64. The summed E-state index contributed by atoms with van der Waals surface area (Å²) < 4.78 is 6.31. The molecule has 0 bridgehead atoms. The maximum absolute atomic E-state index is 6.31. The standard InChI is InChI=1S/C49H29NO/c1-2-11-32(12-3-1)50(43-20-10-22-45-46(43)40-14-5-7-21-44(40)51-45)33-26-23-30(24-27-33)31-25-28-35-37-16-9-18-39-38-17-8-15-36-34-13-4-6-19-41(34)49(47(36)38,48(37)39)42(35)29-31/h1-29H. The SMILES string of the molecule is c1ccc(N(c2ccc(-c3ccc4c(c3)C35c6ccccc6-c6cccc(c63)-c3cccc-4c35)cc2)c2cccc3oc4ccccc4c23)cc1. The summed E-state index contributed by atoms with van der Waals surface area (Å²) in [5.74, 6) is 0. The highest BCUT2D eigenvalue weighted by Crippen LogP contribution is 2.70. The van der Waals surface area contributed by atoms with Gasteiger partial charge in [-0.3, -0.25) is 0 Å². The monoisotopic (exact) mass is 647 g/mol. The number of rotatable bonds is 4. The minimum Gasteiger partial charge on any atom is -0.456 e. The highest BCUT2D eigenvalue weighted by molar-refractivity contribution is 6.13. The largest absolute Gasteiger partial charge is 0.456 e. The molecule has 1 spiro atoms. The van der Waals surface area contributed by atoms with Gasteiger partial charge in [0.1, 0.15) is 11.2 Å². The van der Waals surface area contributed by atoms with Crippen LogP contribution in [0.5, 0.6) is 0 Å². The van der Waals surface area contributed by atoms with E-state index >= 15 is 0 Å². The Kier molecular flexibility index (Phi) is 5.20. The van der Waals surface area contributed by atoms with Crippen LogP contribution in [0.1, 0.15) is 22.3 Å². The van der Waals surface area contributed by atoms with Crippen molar-refractivity contribution in [3.05, 3.63) is 198 Å². The van der Waals surface area contributed by atoms with Crippen LogP contribution < -0.4 is 4.90 Å². The Bertz CT molecular complexity index is 2880. The second-order valence-corrected chi connectivity index (χ2v) is 14.0. The molecule has 236 valence electrons. The summed E-state index contributed by atoms with van der Waals surface area (Å²) in [6.45, 7) is 0. The van der Waals surface area contributed by atoms with Gasteiger partial charge in [0.15, 0.2) is 0 Å². The second-order valence-electron chi connectivity index (χ2n) is 14.0. The summed E-state index contributed by atoms with van der Waals surface area (Å²) in [5, 5.41) is 2.23. The van der Waals surface area contributed by atoms with Crippen LogP contribution in [0, 0.1) is 0 Å². The van der Waals surface area contributed by atoms with Crippen LogP contribution in [-0.2, 0) is 5.41 Å². The number of benzene rings is 8. The fourth-order valence-corrected chi connectivity index (χ4v) is 9.68. The van der Waals surface area contributed by atoms with Crippen LogP contribution in [0.25, 0.3) is 66.4 Å². The van der Waals surface area contributed by atoms with Crippen molar-refractivity contribution in [2.45, 2.75) is 5.41 Å². The van der Waals surface area contributed by atoms with E-state index in [1.807, 2.05) is 12.1 Å². The Morgan fingerprint density at radius 2 is 0.961 bits per heavy atom. The van der Waals surface area contributed by atoms with Gasteiger partial charge in [0.25, 0.3) is 0 Å². The average molecular weight is 648 g/mol. The van der Waals surface area contributed by atoms with E-state index in [9.17, 15) is 0 Å². The quantitative estimate of drug-likeness (QED) is 0.189. The van der Waals surface area contributed by atoms with Crippen LogP contribution in [0.2, 0.25) is 0 Å². The van der Waals surface area contributed by atoms with Crippen molar-refractivity contribution < 1.29 is 4.42 Å². The summed E-state index contributed by atoms with van der Waals surface area (Å²) in [7, 11) is 0. The van der Waals surface area contributed by atoms with E-state index in [2.05, 4.69) is 169 Å². The molecule has 2 nitrogen and oxygen atoms in total. The molecular formula is C49H29NO. The maximum atomic E-state index is 6.31. The van der Waals surface area contributed by atoms with Gasteiger partial charge in [0.2, 0.25) is 0 Å². The Morgan fingerprint density at radius 1 is 0.392 bits per heavy atom. The molecule has 0 fully saturated rings. The Balaban J connectivity index is 1.03. The number of hydrogen-bond donors (Lipinski definition) is 0. The number of anilines is 3. The lowest BCUT2D eigenvalue weighted by molar-refractivity contribution is 0.669. The first-order valence-electron chi connectivity index (χ1n) is 17.7. The molecule has 3 aliphatic carbocycles. The minimum absolute atomic E-state index is 0.282. The van der Waals surface area contributed by atoms with Crippen LogP contribution >= 0.6 is 0 Å². The number of para-hydroxylation sites is 2. The summed E-state index contributed by atoms with van der Waals surface area (Å²) in [6, 6.07) is 64.4. The lowest BCUT2D eigenvalue weighted by Crippen LogP contribution is -2.23. The molecule has 0 saturated heterocycles. The zero-order valence-electron chi connectivity index (χ0n) is 27.6. The van der Waals surface area contributed by atoms with E-state index in [0.717, 1.165) is 39.0 Å². The van der Waals surface area contributed by atoms with Crippen LogP contribution in [-0.4, -0.2) is 0 Å². The summed E-state index contributed by atoms with van der Waals surface area (Å²) in [4.78, 5) is 2.35. The van der Waals surface area contributed by atoms with Crippen molar-refractivity contribution in [1.82, 2.24) is 0 Å². The van der Waals surface area contributed by atoms with Crippen LogP contribution in [0.15, 0.2) is 180 Å². The Labute approximate surface area is 295 Å². The van der Waals surface area contributed by atoms with Crippen LogP contribution in [0.3, 0.4) is 0 Å². The van der Waals surface area contributed by atoms with Gasteiger partial charge in [0, 0.05) is 16.8 Å². The first-order chi connectivity index (χ1) is 25.3. The molecule has 0 N–H and O–H groups in total. The molecule has 1 aromatic heterocycles. The van der Waals surface area contributed by atoms with E-state index < -0.39 is 0 Å². The van der Waals surface area contributed by atoms with Gasteiger partial charge < -0.3 is 9.32 Å². The van der Waals surface area contributed by atoms with E-state index in [4.69, 9.17) is 4.42 Å². The molecule has 0 radical (unpaired) electrons. The number of fused-ring (bicyclic) bond motifs is 8. The zero-order chi connectivity index (χ0) is 33.3. The van der Waals surface area contributed by atoms with Gasteiger partial charge in [0.05, 0.1) is 16.5 Å². The molecule has 3 aliphatic rings. The zero-order valence-corrected chi connectivity index (χ0v) is 27.6. The molecule has 2 heteroatoms. The summed E-state index contributed by atoms with van der Waals surface area (Å²) in [5.41, 5.74) is 21.1. The molecule has 1 heterocycles. The first kappa shape index (κ1) is 27.2. The first-order valence-corrected chi connectivity index (χ1v) is 17.7. The second kappa shape index (κ2) is 9.74. The highest BCUT2D eigenvalue weighted by Gasteiger charge is 2.57. The normalized spacial score (nSPS) is 15.5. The van der Waals surface area contributed by atoms with E-state index in [1.54, 1.807) is 0 Å². The molecule has 8 aromatic carbocycles. The topological polar surface area (TPSA) is 16.4 Å². The van der Waals surface area contributed by atoms with E-state index in [1.165, 1.54) is 66.8 Å². The van der Waals surface area contributed by atoms with Crippen molar-refractivity contribution in [1.29, 1.82) is 0 Å². The molecule has 0 aliphatic heterocycles. The predicted octanol–water partition coefficient (Wildman–Crippen LogP) is 13.0. The van der Waals surface area contributed by atoms with Crippen molar-refractivity contribution >= 4 is 39.0 Å². The lowest BCUT2D eigenvalue weighted by atomic mass is 9.73. The fraction of sp³-hybridized carbons (Fsp3) is 0.0204. The maximum Gasteiger partial charge on any atom is 0.137 e. The molecule has 1 atom stereocenters. The highest BCUT2D eigenvalue weighted by atomic mass is 16.3. The van der Waals surface area contributed by atoms with Crippen molar-refractivity contribution in [3.8, 4) is 44.5 Å². The predicted molar refractivity (Wildman–Crippen MR) is 209 cm³/mol. The molecule has 1 unspecified atom stereocenters. The number of nitrogens with zero attached hydrogens (tertiary/aromatic N) is 1. The molecule has 12 rings (SSSR count). The van der Waals surface area contributed by atoms with Gasteiger partial charge in [-0.2, -0.15) is 0 Å². The number of furan rings is 1. The smallest absolute Gasteiger partial charge is 0.137 e. The third-order valence-corrected chi connectivity index (χ3v) is 11.6. The third kappa shape index (κ3) is 3.37. The molecule has 9 aromatic rings. The van der Waals surface area contributed by atoms with Gasteiger partial charge in [-0.1, -0.05) is 127 Å². The van der Waals surface area contributed by atoms with Gasteiger partial charge >= 0.3 is 0 Å². The van der Waals surface area contributed by atoms with Gasteiger partial charge in [-0.25, -0.2) is 0 Å². The van der Waals surface area contributed by atoms with E-state index in [-0.39, 0.29) is 5.41 Å². The van der Waals surface area contributed by atoms with Crippen LogP contribution in [0.4, 0.5) is 17.1 Å². The lowest BCUT2D eigenvalue weighted by Gasteiger charge is -2.28. The van der Waals surface area contributed by atoms with Gasteiger partial charge in [-0.15, -0.1) is 0 Å². The summed E-state index contributed by atoms with van der Waals surface area (Å²) >= 11 is 0. The molecule has 51 heavy (non-hydrogen) atoms. The van der Waals surface area contributed by atoms with Crippen molar-refractivity contribution in [2.24, 2.45) is 0 Å². The minimum atomic E-state index is -0.282. The van der Waals surface area contributed by atoms with Crippen molar-refractivity contribution in [3.63, 3.8) is 0 Å². The third-order valence-electron chi connectivity index (χ3n) is 11.6. The fourth-order valence-electron chi connectivity index (χ4n) is 9.68. The van der Waals surface area contributed by atoms with Crippen molar-refractivity contribution in [2.75, 3.05) is 4.90 Å².